The van der Waals surface area contributed by atoms with E-state index in [1.165, 1.54) is 12.1 Å². The van der Waals surface area contributed by atoms with Crippen LogP contribution >= 0.6 is 0 Å². The Bertz CT molecular complexity index is 616. The number of nitrogens with zero attached hydrogens (tertiary/aromatic N) is 3. The summed E-state index contributed by atoms with van der Waals surface area (Å²) in [4.78, 5) is 6.08. The molecule has 96 valence electrons. The molecule has 0 radical (unpaired) electrons. The van der Waals surface area contributed by atoms with E-state index >= 15 is 0 Å². The van der Waals surface area contributed by atoms with Crippen molar-refractivity contribution in [3.05, 3.63) is 47.9 Å². The number of halogens is 1. The molecule has 4 nitrogen and oxygen atoms in total. The molecule has 2 rings (SSSR count). The molecule has 1 heterocycles. The van der Waals surface area contributed by atoms with Crippen LogP contribution in [0.15, 0.2) is 36.4 Å². The van der Waals surface area contributed by atoms with Gasteiger partial charge < -0.3 is 10.6 Å². The standard InChI is InChI=1S/C14H13FN4/c1-2-19(11-5-3-10(15)4-6-11)14-8-7-12(17)13(9-16)18-14/h3-8H,2,17H2,1H3. The Kier molecular flexibility index (Phi) is 3.62. The summed E-state index contributed by atoms with van der Waals surface area (Å²) in [7, 11) is 0. The molecular formula is C14H13FN4. The lowest BCUT2D eigenvalue weighted by molar-refractivity contribution is 0.628. The van der Waals surface area contributed by atoms with Crippen LogP contribution in [0.5, 0.6) is 0 Å². The molecule has 0 aliphatic heterocycles. The van der Waals surface area contributed by atoms with Gasteiger partial charge in [-0.1, -0.05) is 0 Å². The Morgan fingerprint density at radius 1 is 1.26 bits per heavy atom. The zero-order valence-corrected chi connectivity index (χ0v) is 10.5. The molecule has 2 N–H and O–H groups in total. The fraction of sp³-hybridized carbons (Fsp3) is 0.143. The van der Waals surface area contributed by atoms with Crippen LogP contribution in [0, 0.1) is 17.1 Å². The average Bonchev–Trinajstić information content (AvgIpc) is 2.43. The molecule has 19 heavy (non-hydrogen) atoms. The number of anilines is 3. The summed E-state index contributed by atoms with van der Waals surface area (Å²) in [5.74, 6) is 0.322. The fourth-order valence-electron chi connectivity index (χ4n) is 1.80. The molecule has 0 spiro atoms. The predicted octanol–water partition coefficient (Wildman–Crippen LogP) is 2.83. The number of nitriles is 1. The van der Waals surface area contributed by atoms with Crippen LogP contribution < -0.4 is 10.6 Å². The van der Waals surface area contributed by atoms with Crippen molar-refractivity contribution >= 4 is 17.2 Å². The molecule has 0 atom stereocenters. The quantitative estimate of drug-likeness (QED) is 0.917. The normalized spacial score (nSPS) is 9.95. The number of pyridine rings is 1. The van der Waals surface area contributed by atoms with Crippen LogP contribution in [0.1, 0.15) is 12.6 Å². The minimum absolute atomic E-state index is 0.193. The molecule has 0 saturated carbocycles. The first-order valence-corrected chi connectivity index (χ1v) is 5.85. The zero-order chi connectivity index (χ0) is 13.8. The van der Waals surface area contributed by atoms with Crippen LogP contribution in [-0.2, 0) is 0 Å². The lowest BCUT2D eigenvalue weighted by Crippen LogP contribution is -2.18. The maximum absolute atomic E-state index is 12.9. The lowest BCUT2D eigenvalue weighted by Gasteiger charge is -2.22. The third kappa shape index (κ3) is 2.63. The van der Waals surface area contributed by atoms with Crippen molar-refractivity contribution in [3.63, 3.8) is 0 Å². The number of aromatic nitrogens is 1. The number of nitrogen functional groups attached to an aromatic ring is 1. The number of benzene rings is 1. The Balaban J connectivity index is 2.42. The topological polar surface area (TPSA) is 65.9 Å². The zero-order valence-electron chi connectivity index (χ0n) is 10.5. The molecule has 0 unspecified atom stereocenters. The van der Waals surface area contributed by atoms with Gasteiger partial charge in [-0.3, -0.25) is 0 Å². The second-order valence-corrected chi connectivity index (χ2v) is 3.94. The summed E-state index contributed by atoms with van der Waals surface area (Å²) in [5, 5.41) is 8.94. The third-order valence-electron chi connectivity index (χ3n) is 2.75. The predicted molar refractivity (Wildman–Crippen MR) is 72.4 cm³/mol. The van der Waals surface area contributed by atoms with Gasteiger partial charge in [0.2, 0.25) is 0 Å². The highest BCUT2D eigenvalue weighted by atomic mass is 19.1. The van der Waals surface area contributed by atoms with E-state index in [0.717, 1.165) is 5.69 Å². The van der Waals surface area contributed by atoms with Gasteiger partial charge >= 0.3 is 0 Å². The van der Waals surface area contributed by atoms with Crippen molar-refractivity contribution in [2.24, 2.45) is 0 Å². The Morgan fingerprint density at radius 2 is 1.95 bits per heavy atom. The highest BCUT2D eigenvalue weighted by Gasteiger charge is 2.11. The number of nitrogens with two attached hydrogens (primary N) is 1. The van der Waals surface area contributed by atoms with Crippen LogP contribution in [0.2, 0.25) is 0 Å². The van der Waals surface area contributed by atoms with Gasteiger partial charge in [-0.05, 0) is 43.3 Å². The molecule has 2 aromatic rings. The second kappa shape index (κ2) is 5.36. The van der Waals surface area contributed by atoms with Crippen molar-refractivity contribution < 1.29 is 4.39 Å². The van der Waals surface area contributed by atoms with Gasteiger partial charge in [-0.25, -0.2) is 9.37 Å². The van der Waals surface area contributed by atoms with Crippen molar-refractivity contribution in [1.82, 2.24) is 4.98 Å². The van der Waals surface area contributed by atoms with Crippen molar-refractivity contribution in [2.45, 2.75) is 6.92 Å². The summed E-state index contributed by atoms with van der Waals surface area (Å²) >= 11 is 0. The Hall–Kier alpha value is -2.61. The van der Waals surface area contributed by atoms with Crippen LogP contribution in [-0.4, -0.2) is 11.5 Å². The molecule has 0 aliphatic rings. The minimum Gasteiger partial charge on any atom is -0.396 e. The molecule has 0 fully saturated rings. The maximum Gasteiger partial charge on any atom is 0.165 e. The summed E-state index contributed by atoms with van der Waals surface area (Å²) < 4.78 is 12.9. The summed E-state index contributed by atoms with van der Waals surface area (Å²) in [6.07, 6.45) is 0. The Morgan fingerprint density at radius 3 is 2.53 bits per heavy atom. The van der Waals surface area contributed by atoms with Gasteiger partial charge in [0, 0.05) is 12.2 Å². The van der Waals surface area contributed by atoms with E-state index < -0.39 is 0 Å². The first-order valence-electron chi connectivity index (χ1n) is 5.85. The van der Waals surface area contributed by atoms with E-state index in [9.17, 15) is 4.39 Å². The van der Waals surface area contributed by atoms with E-state index in [-0.39, 0.29) is 11.5 Å². The number of hydrogen-bond donors (Lipinski definition) is 1. The van der Waals surface area contributed by atoms with Crippen LogP contribution in [0.4, 0.5) is 21.6 Å². The van der Waals surface area contributed by atoms with Crippen molar-refractivity contribution in [3.8, 4) is 6.07 Å². The first kappa shape index (κ1) is 12.8. The van der Waals surface area contributed by atoms with Gasteiger partial charge in [-0.2, -0.15) is 5.26 Å². The van der Waals surface area contributed by atoms with E-state index in [2.05, 4.69) is 4.98 Å². The fourth-order valence-corrected chi connectivity index (χ4v) is 1.80. The smallest absolute Gasteiger partial charge is 0.165 e. The third-order valence-corrected chi connectivity index (χ3v) is 2.75. The summed E-state index contributed by atoms with van der Waals surface area (Å²) in [6, 6.07) is 11.5. The van der Waals surface area contributed by atoms with Gasteiger partial charge in [-0.15, -0.1) is 0 Å². The van der Waals surface area contributed by atoms with E-state index in [1.807, 2.05) is 17.9 Å². The van der Waals surface area contributed by atoms with Gasteiger partial charge in [0.25, 0.3) is 0 Å². The number of rotatable bonds is 3. The molecule has 0 saturated heterocycles. The molecule has 5 heteroatoms. The molecular weight excluding hydrogens is 243 g/mol. The van der Waals surface area contributed by atoms with E-state index in [0.29, 0.717) is 18.1 Å². The average molecular weight is 256 g/mol. The summed E-state index contributed by atoms with van der Waals surface area (Å²) in [6.45, 7) is 2.60. The lowest BCUT2D eigenvalue weighted by atomic mass is 10.2. The van der Waals surface area contributed by atoms with E-state index in [1.54, 1.807) is 24.3 Å². The number of hydrogen-bond acceptors (Lipinski definition) is 4. The van der Waals surface area contributed by atoms with Gasteiger partial charge in [0.1, 0.15) is 17.7 Å². The largest absolute Gasteiger partial charge is 0.396 e. The molecule has 1 aromatic heterocycles. The van der Waals surface area contributed by atoms with Crippen molar-refractivity contribution in [2.75, 3.05) is 17.2 Å². The molecule has 0 amide bonds. The SMILES string of the molecule is CCN(c1ccc(F)cc1)c1ccc(N)c(C#N)n1. The van der Waals surface area contributed by atoms with Crippen LogP contribution in [0.3, 0.4) is 0 Å². The second-order valence-electron chi connectivity index (χ2n) is 3.94. The van der Waals surface area contributed by atoms with Gasteiger partial charge in [0.05, 0.1) is 5.69 Å². The Labute approximate surface area is 110 Å². The van der Waals surface area contributed by atoms with E-state index in [4.69, 9.17) is 11.0 Å². The van der Waals surface area contributed by atoms with Crippen molar-refractivity contribution in [1.29, 1.82) is 5.26 Å². The maximum atomic E-state index is 12.9. The molecule has 0 aliphatic carbocycles. The molecule has 1 aromatic carbocycles. The van der Waals surface area contributed by atoms with Crippen LogP contribution in [0.25, 0.3) is 0 Å². The molecule has 0 bridgehead atoms. The monoisotopic (exact) mass is 256 g/mol. The highest BCUT2D eigenvalue weighted by molar-refractivity contribution is 5.63. The highest BCUT2D eigenvalue weighted by Crippen LogP contribution is 2.25. The first-order chi connectivity index (χ1) is 9.15. The summed E-state index contributed by atoms with van der Waals surface area (Å²) in [5.41, 5.74) is 7.00. The van der Waals surface area contributed by atoms with Gasteiger partial charge in [0.15, 0.2) is 5.69 Å². The minimum atomic E-state index is -0.289.